The highest BCUT2D eigenvalue weighted by atomic mass is 32.2. The number of thioether (sulfide) groups is 1. The molecule has 2 aliphatic heterocycles. The molecule has 2 aromatic rings. The van der Waals surface area contributed by atoms with Crippen LogP contribution in [0.15, 0.2) is 34.1 Å². The summed E-state index contributed by atoms with van der Waals surface area (Å²) in [5.41, 5.74) is 1.27. The molecule has 0 unspecified atom stereocenters. The average Bonchev–Trinajstić information content (AvgIpc) is 2.87. The summed E-state index contributed by atoms with van der Waals surface area (Å²) in [5, 5.41) is 1.67. The zero-order valence-electron chi connectivity index (χ0n) is 11.4. The molecule has 21 heavy (non-hydrogen) atoms. The first kappa shape index (κ1) is 12.4. The second kappa shape index (κ2) is 4.40. The molecular weight excluding hydrogens is 302 g/mol. The Hall–Kier alpha value is -1.20. The summed E-state index contributed by atoms with van der Waals surface area (Å²) in [6.07, 6.45) is 3.89. The van der Waals surface area contributed by atoms with Gasteiger partial charge in [0, 0.05) is 27.5 Å². The average molecular weight is 317 g/mol. The molecule has 0 amide bonds. The summed E-state index contributed by atoms with van der Waals surface area (Å²) in [5.74, 6) is 1.87. The molecule has 3 aliphatic rings. The fraction of sp³-hybridized carbons (Fsp3) is 0.438. The van der Waals surface area contributed by atoms with E-state index in [1.54, 1.807) is 0 Å². The second-order valence-electron chi connectivity index (χ2n) is 6.04. The number of aromatic amines is 1. The Morgan fingerprint density at radius 3 is 3.10 bits per heavy atom. The molecule has 5 rings (SSSR count). The largest absolute Gasteiger partial charge is 0.490 e. The second-order valence-corrected chi connectivity index (χ2v) is 8.31. The molecule has 1 N–H and O–H groups in total. The lowest BCUT2D eigenvalue weighted by Gasteiger charge is -2.48. The van der Waals surface area contributed by atoms with E-state index in [-0.39, 0.29) is 4.87 Å². The van der Waals surface area contributed by atoms with Gasteiger partial charge in [-0.2, -0.15) is 0 Å². The number of aromatic nitrogens is 1. The van der Waals surface area contributed by atoms with E-state index in [0.29, 0.717) is 23.2 Å². The van der Waals surface area contributed by atoms with Gasteiger partial charge in [0.25, 0.3) is 0 Å². The van der Waals surface area contributed by atoms with Crippen LogP contribution in [0.4, 0.5) is 0 Å². The van der Waals surface area contributed by atoms with E-state index >= 15 is 0 Å². The van der Waals surface area contributed by atoms with Crippen LogP contribution in [0.25, 0.3) is 0 Å². The number of hydrogen-bond donors (Lipinski definition) is 1. The number of fused-ring (bicyclic) bond motifs is 4. The molecule has 4 atom stereocenters. The Morgan fingerprint density at radius 1 is 1.24 bits per heavy atom. The van der Waals surface area contributed by atoms with Gasteiger partial charge in [0.1, 0.15) is 11.9 Å². The van der Waals surface area contributed by atoms with Gasteiger partial charge in [0.2, 0.25) is 0 Å². The van der Waals surface area contributed by atoms with E-state index in [0.717, 1.165) is 17.2 Å². The first-order chi connectivity index (χ1) is 10.3. The minimum Gasteiger partial charge on any atom is -0.490 e. The van der Waals surface area contributed by atoms with Crippen LogP contribution in [0, 0.1) is 5.92 Å². The van der Waals surface area contributed by atoms with Crippen molar-refractivity contribution in [3.05, 3.63) is 44.4 Å². The van der Waals surface area contributed by atoms with E-state index in [4.69, 9.17) is 4.74 Å². The normalized spacial score (nSPS) is 32.6. The molecule has 0 radical (unpaired) electrons. The maximum absolute atomic E-state index is 11.9. The summed E-state index contributed by atoms with van der Waals surface area (Å²) in [7, 11) is 0. The van der Waals surface area contributed by atoms with Gasteiger partial charge in [-0.1, -0.05) is 29.5 Å². The summed E-state index contributed by atoms with van der Waals surface area (Å²) < 4.78 is 6.30. The first-order valence-corrected chi connectivity index (χ1v) is 9.16. The van der Waals surface area contributed by atoms with Gasteiger partial charge >= 0.3 is 4.87 Å². The molecule has 0 saturated heterocycles. The highest BCUT2D eigenvalue weighted by Crippen LogP contribution is 2.57. The first-order valence-electron chi connectivity index (χ1n) is 7.46. The van der Waals surface area contributed by atoms with E-state index in [2.05, 4.69) is 23.2 Å². The van der Waals surface area contributed by atoms with Crippen LogP contribution in [0.1, 0.15) is 35.6 Å². The number of nitrogens with one attached hydrogen (secondary N) is 1. The summed E-state index contributed by atoms with van der Waals surface area (Å²) in [4.78, 5) is 16.2. The highest BCUT2D eigenvalue weighted by Gasteiger charge is 2.50. The molecule has 3 nitrogen and oxygen atoms in total. The molecule has 1 aromatic carbocycles. The zero-order chi connectivity index (χ0) is 14.0. The molecule has 108 valence electrons. The van der Waals surface area contributed by atoms with E-state index in [9.17, 15) is 4.79 Å². The monoisotopic (exact) mass is 317 g/mol. The Balaban J connectivity index is 1.77. The molecule has 1 aliphatic carbocycles. The van der Waals surface area contributed by atoms with Gasteiger partial charge in [-0.05, 0) is 25.3 Å². The number of hydrogen-bond acceptors (Lipinski definition) is 4. The van der Waals surface area contributed by atoms with Crippen molar-refractivity contribution < 1.29 is 4.74 Å². The number of benzene rings is 1. The number of para-hydroxylation sites is 1. The summed E-state index contributed by atoms with van der Waals surface area (Å²) >= 11 is 3.26. The van der Waals surface area contributed by atoms with Gasteiger partial charge in [-0.15, -0.1) is 11.8 Å². The van der Waals surface area contributed by atoms with E-state index in [1.165, 1.54) is 34.6 Å². The minimum atomic E-state index is 0.0756. The fourth-order valence-corrected chi connectivity index (χ4v) is 6.86. The lowest BCUT2D eigenvalue weighted by molar-refractivity contribution is 0.0666. The van der Waals surface area contributed by atoms with Crippen LogP contribution in [0.2, 0.25) is 0 Å². The van der Waals surface area contributed by atoms with Gasteiger partial charge in [-0.3, -0.25) is 4.79 Å². The smallest absolute Gasteiger partial charge is 0.305 e. The SMILES string of the molecule is O=c1[nH]c2c(s1)[C@@H]1c3ccccc3O[C@H]3CCC[C@@H](S2)[C@@H]13. The minimum absolute atomic E-state index is 0.0756. The third-order valence-electron chi connectivity index (χ3n) is 4.95. The number of H-pyrrole nitrogens is 1. The van der Waals surface area contributed by atoms with Crippen molar-refractivity contribution in [3.8, 4) is 5.75 Å². The molecule has 1 aromatic heterocycles. The summed E-state index contributed by atoms with van der Waals surface area (Å²) in [6.45, 7) is 0. The van der Waals surface area contributed by atoms with Crippen LogP contribution < -0.4 is 9.61 Å². The Morgan fingerprint density at radius 2 is 2.14 bits per heavy atom. The van der Waals surface area contributed by atoms with E-state index in [1.807, 2.05) is 17.8 Å². The number of rotatable bonds is 0. The van der Waals surface area contributed by atoms with Crippen LogP contribution in [-0.2, 0) is 0 Å². The highest BCUT2D eigenvalue weighted by molar-refractivity contribution is 8.00. The number of ether oxygens (including phenoxy) is 1. The summed E-state index contributed by atoms with van der Waals surface area (Å²) in [6, 6.07) is 8.37. The quantitative estimate of drug-likeness (QED) is 0.807. The lowest BCUT2D eigenvalue weighted by atomic mass is 9.72. The van der Waals surface area contributed by atoms with Gasteiger partial charge in [0.15, 0.2) is 0 Å². The van der Waals surface area contributed by atoms with Crippen molar-refractivity contribution in [2.75, 3.05) is 0 Å². The van der Waals surface area contributed by atoms with Crippen molar-refractivity contribution in [1.82, 2.24) is 4.98 Å². The molecule has 0 spiro atoms. The predicted octanol–water partition coefficient (Wildman–Crippen LogP) is 3.60. The molecule has 1 fully saturated rings. The van der Waals surface area contributed by atoms with Gasteiger partial charge < -0.3 is 9.72 Å². The Labute approximate surface area is 130 Å². The van der Waals surface area contributed by atoms with Crippen molar-refractivity contribution in [3.63, 3.8) is 0 Å². The molecule has 1 saturated carbocycles. The topological polar surface area (TPSA) is 42.1 Å². The van der Waals surface area contributed by atoms with Crippen LogP contribution in [-0.4, -0.2) is 16.3 Å². The van der Waals surface area contributed by atoms with Crippen LogP contribution >= 0.6 is 23.1 Å². The van der Waals surface area contributed by atoms with Crippen LogP contribution in [0.3, 0.4) is 0 Å². The fourth-order valence-electron chi connectivity index (χ4n) is 4.15. The predicted molar refractivity (Wildman–Crippen MR) is 84.6 cm³/mol. The molecular formula is C16H15NO2S2. The maximum Gasteiger partial charge on any atom is 0.305 e. The van der Waals surface area contributed by atoms with Crippen molar-refractivity contribution in [2.45, 2.75) is 41.6 Å². The van der Waals surface area contributed by atoms with E-state index < -0.39 is 0 Å². The third kappa shape index (κ3) is 1.70. The maximum atomic E-state index is 11.9. The number of thiazole rings is 1. The van der Waals surface area contributed by atoms with Crippen molar-refractivity contribution in [2.24, 2.45) is 5.92 Å². The zero-order valence-corrected chi connectivity index (χ0v) is 13.0. The standard InChI is InChI=1S/C16H15NO2S2/c18-16-17-15-14(21-16)12-8-4-1-2-5-9(8)19-10-6-3-7-11(20-15)13(10)12/h1-2,4-5,10-13H,3,6-7H2,(H,17,18)/t10-,11+,12+,13-/m0/s1. The van der Waals surface area contributed by atoms with Gasteiger partial charge in [-0.25, -0.2) is 0 Å². The van der Waals surface area contributed by atoms with Gasteiger partial charge in [0.05, 0.1) is 5.03 Å². The molecule has 5 heteroatoms. The van der Waals surface area contributed by atoms with Crippen molar-refractivity contribution in [1.29, 1.82) is 0 Å². The van der Waals surface area contributed by atoms with Crippen LogP contribution in [0.5, 0.6) is 5.75 Å². The Bertz CT molecular complexity index is 766. The molecule has 0 bridgehead atoms. The third-order valence-corrected chi connectivity index (χ3v) is 7.45. The molecule has 3 heterocycles. The lowest BCUT2D eigenvalue weighted by Crippen LogP contribution is -2.46. The van der Waals surface area contributed by atoms with Crippen molar-refractivity contribution >= 4 is 23.1 Å². The Kier molecular flexibility index (Phi) is 2.59.